The first-order valence-corrected chi connectivity index (χ1v) is 3.63. The monoisotopic (exact) mass is 179 g/mol. The van der Waals surface area contributed by atoms with Gasteiger partial charge in [0, 0.05) is 16.6 Å². The van der Waals surface area contributed by atoms with E-state index in [0.29, 0.717) is 10.6 Å². The molecule has 1 aromatic rings. The maximum Gasteiger partial charge on any atom is 0.262 e. The van der Waals surface area contributed by atoms with Gasteiger partial charge in [0.05, 0.1) is 0 Å². The summed E-state index contributed by atoms with van der Waals surface area (Å²) in [7, 11) is 0. The molecule has 0 unspecified atom stereocenters. The Morgan fingerprint density at radius 1 is 1.42 bits per heavy atom. The minimum Gasteiger partial charge on any atom is -0.281 e. The van der Waals surface area contributed by atoms with Gasteiger partial charge in [-0.3, -0.25) is 10.1 Å². The van der Waals surface area contributed by atoms with Gasteiger partial charge in [0.1, 0.15) is 0 Å². The molecule has 0 atom stereocenters. The molecular formula is C9H6ClNO. The minimum atomic E-state index is -0.297. The van der Waals surface area contributed by atoms with Crippen LogP contribution < -0.4 is 5.32 Å². The zero-order valence-electron chi connectivity index (χ0n) is 6.17. The first-order chi connectivity index (χ1) is 5.74. The predicted octanol–water partition coefficient (Wildman–Crippen LogP) is 1.66. The molecule has 0 radical (unpaired) electrons. The first kappa shape index (κ1) is 8.63. The second-order valence-corrected chi connectivity index (χ2v) is 2.54. The molecule has 0 saturated carbocycles. The second kappa shape index (κ2) is 3.80. The van der Waals surface area contributed by atoms with Crippen LogP contribution in [-0.4, -0.2) is 5.91 Å². The molecule has 0 fully saturated rings. The fourth-order valence-corrected chi connectivity index (χ4v) is 0.865. The van der Waals surface area contributed by atoms with Crippen molar-refractivity contribution in [3.05, 3.63) is 34.9 Å². The summed E-state index contributed by atoms with van der Waals surface area (Å²) in [5, 5.41) is 2.82. The summed E-state index contributed by atoms with van der Waals surface area (Å²) >= 11 is 5.62. The number of amides is 1. The number of halogens is 1. The van der Waals surface area contributed by atoms with E-state index in [1.54, 1.807) is 24.3 Å². The van der Waals surface area contributed by atoms with Gasteiger partial charge in [0.15, 0.2) is 0 Å². The Morgan fingerprint density at radius 3 is 2.50 bits per heavy atom. The summed E-state index contributed by atoms with van der Waals surface area (Å²) in [5.74, 6) is -0.297. The van der Waals surface area contributed by atoms with Crippen LogP contribution in [0, 0.1) is 12.5 Å². The summed E-state index contributed by atoms with van der Waals surface area (Å²) in [6.45, 7) is 0. The van der Waals surface area contributed by atoms with Crippen LogP contribution >= 0.6 is 11.6 Å². The number of carbonyl (C=O) groups is 1. The van der Waals surface area contributed by atoms with Crippen molar-refractivity contribution in [1.82, 2.24) is 5.32 Å². The van der Waals surface area contributed by atoms with Crippen LogP contribution in [0.25, 0.3) is 0 Å². The normalized spacial score (nSPS) is 8.67. The van der Waals surface area contributed by atoms with Crippen LogP contribution in [0.15, 0.2) is 24.3 Å². The summed E-state index contributed by atoms with van der Waals surface area (Å²) in [6, 6.07) is 8.52. The minimum absolute atomic E-state index is 0.297. The molecule has 1 rings (SSSR count). The average molecular weight is 180 g/mol. The lowest BCUT2D eigenvalue weighted by molar-refractivity contribution is 0.0973. The molecule has 60 valence electrons. The smallest absolute Gasteiger partial charge is 0.262 e. The quantitative estimate of drug-likeness (QED) is 0.516. The fraction of sp³-hybridized carbons (Fsp3) is 0. The van der Waals surface area contributed by atoms with E-state index in [1.807, 2.05) is 6.04 Å². The Balaban J connectivity index is 2.84. The molecule has 0 aliphatic carbocycles. The molecule has 0 aliphatic heterocycles. The van der Waals surface area contributed by atoms with Crippen LogP contribution in [-0.2, 0) is 0 Å². The van der Waals surface area contributed by atoms with E-state index in [4.69, 9.17) is 18.0 Å². The molecular weight excluding hydrogens is 174 g/mol. The molecule has 1 N–H and O–H groups in total. The number of carbonyl (C=O) groups excluding carboxylic acids is 1. The van der Waals surface area contributed by atoms with Crippen molar-refractivity contribution in [3.63, 3.8) is 0 Å². The number of nitrogens with one attached hydrogen (secondary N) is 1. The third-order valence-corrected chi connectivity index (χ3v) is 1.54. The van der Waals surface area contributed by atoms with Crippen molar-refractivity contribution in [2.45, 2.75) is 0 Å². The predicted molar refractivity (Wildman–Crippen MR) is 47.8 cm³/mol. The van der Waals surface area contributed by atoms with Crippen molar-refractivity contribution in [1.29, 1.82) is 0 Å². The Kier molecular flexibility index (Phi) is 2.73. The Labute approximate surface area is 75.5 Å². The molecule has 3 heteroatoms. The van der Waals surface area contributed by atoms with E-state index in [9.17, 15) is 4.79 Å². The van der Waals surface area contributed by atoms with Gasteiger partial charge in [0.2, 0.25) is 0 Å². The Bertz CT molecular complexity index is 323. The van der Waals surface area contributed by atoms with Crippen molar-refractivity contribution in [2.75, 3.05) is 0 Å². The standard InChI is InChI=1S/C9H6ClNO/c1-2-11-9(12)7-3-5-8(10)6-4-7/h1,3-6H,(H,11,12). The van der Waals surface area contributed by atoms with Crippen LogP contribution in [0.5, 0.6) is 0 Å². The topological polar surface area (TPSA) is 29.1 Å². The van der Waals surface area contributed by atoms with Crippen molar-refractivity contribution >= 4 is 17.5 Å². The highest BCUT2D eigenvalue weighted by Gasteiger charge is 2.01. The number of hydrogen-bond acceptors (Lipinski definition) is 1. The maximum atomic E-state index is 11.1. The number of hydrogen-bond donors (Lipinski definition) is 1. The zero-order valence-corrected chi connectivity index (χ0v) is 6.93. The summed E-state index contributed by atoms with van der Waals surface area (Å²) in [4.78, 5) is 11.1. The summed E-state index contributed by atoms with van der Waals surface area (Å²) < 4.78 is 0. The fourth-order valence-electron chi connectivity index (χ4n) is 0.739. The molecule has 1 aromatic carbocycles. The highest BCUT2D eigenvalue weighted by molar-refractivity contribution is 6.30. The molecule has 0 bridgehead atoms. The Morgan fingerprint density at radius 2 is 2.00 bits per heavy atom. The van der Waals surface area contributed by atoms with Gasteiger partial charge in [-0.1, -0.05) is 18.0 Å². The zero-order chi connectivity index (χ0) is 8.97. The van der Waals surface area contributed by atoms with E-state index in [-0.39, 0.29) is 5.91 Å². The van der Waals surface area contributed by atoms with Gasteiger partial charge in [-0.25, -0.2) is 0 Å². The number of terminal acetylenes is 1. The summed E-state index contributed by atoms with van der Waals surface area (Å²) in [5.41, 5.74) is 0.498. The van der Waals surface area contributed by atoms with Crippen molar-refractivity contribution in [2.24, 2.45) is 0 Å². The average Bonchev–Trinajstić information content (AvgIpc) is 2.06. The van der Waals surface area contributed by atoms with Gasteiger partial charge < -0.3 is 0 Å². The van der Waals surface area contributed by atoms with Gasteiger partial charge in [-0.15, -0.1) is 0 Å². The molecule has 2 nitrogen and oxygen atoms in total. The number of rotatable bonds is 1. The molecule has 0 saturated heterocycles. The molecule has 12 heavy (non-hydrogen) atoms. The molecule has 0 heterocycles. The highest BCUT2D eigenvalue weighted by atomic mass is 35.5. The molecule has 1 amide bonds. The van der Waals surface area contributed by atoms with E-state index >= 15 is 0 Å². The lowest BCUT2D eigenvalue weighted by Gasteiger charge is -1.97. The van der Waals surface area contributed by atoms with Crippen molar-refractivity contribution < 1.29 is 4.79 Å². The van der Waals surface area contributed by atoms with Gasteiger partial charge in [-0.2, -0.15) is 0 Å². The van der Waals surface area contributed by atoms with E-state index < -0.39 is 0 Å². The van der Waals surface area contributed by atoms with Crippen LogP contribution in [0.4, 0.5) is 0 Å². The van der Waals surface area contributed by atoms with Crippen LogP contribution in [0.1, 0.15) is 10.4 Å². The van der Waals surface area contributed by atoms with Crippen LogP contribution in [0.3, 0.4) is 0 Å². The van der Waals surface area contributed by atoms with E-state index in [0.717, 1.165) is 0 Å². The third kappa shape index (κ3) is 2.01. The van der Waals surface area contributed by atoms with Crippen LogP contribution in [0.2, 0.25) is 5.02 Å². The van der Waals surface area contributed by atoms with E-state index in [2.05, 4.69) is 5.32 Å². The number of benzene rings is 1. The van der Waals surface area contributed by atoms with E-state index in [1.165, 1.54) is 0 Å². The van der Waals surface area contributed by atoms with Crippen molar-refractivity contribution in [3.8, 4) is 12.5 Å². The van der Waals surface area contributed by atoms with Gasteiger partial charge in [-0.05, 0) is 24.3 Å². The lowest BCUT2D eigenvalue weighted by atomic mass is 10.2. The Hall–Kier alpha value is -1.46. The van der Waals surface area contributed by atoms with Gasteiger partial charge in [0.25, 0.3) is 5.91 Å². The molecule has 0 aliphatic rings. The first-order valence-electron chi connectivity index (χ1n) is 3.25. The lowest BCUT2D eigenvalue weighted by Crippen LogP contribution is -2.16. The molecule has 0 aromatic heterocycles. The second-order valence-electron chi connectivity index (χ2n) is 2.11. The van der Waals surface area contributed by atoms with Gasteiger partial charge >= 0.3 is 0 Å². The third-order valence-electron chi connectivity index (χ3n) is 1.29. The largest absolute Gasteiger partial charge is 0.281 e. The highest BCUT2D eigenvalue weighted by Crippen LogP contribution is 2.08. The SMILES string of the molecule is C#CNC(=O)c1ccc(Cl)cc1. The molecule has 0 spiro atoms. The summed E-state index contributed by atoms with van der Waals surface area (Å²) in [6.07, 6.45) is 4.89. The maximum absolute atomic E-state index is 11.1.